The number of carbonyl (C=O) groups is 3. The Morgan fingerprint density at radius 1 is 1.24 bits per heavy atom. The second kappa shape index (κ2) is 4.66. The fourth-order valence-electron chi connectivity index (χ4n) is 2.40. The fraction of sp³-hybridized carbons (Fsp3) is 0.133. The highest BCUT2D eigenvalue weighted by Gasteiger charge is 2.37. The predicted octanol–water partition coefficient (Wildman–Crippen LogP) is 1.58. The molecule has 0 atom stereocenters. The van der Waals surface area contributed by atoms with E-state index in [1.807, 2.05) is 0 Å². The zero-order valence-corrected chi connectivity index (χ0v) is 11.2. The average Bonchev–Trinajstić information content (AvgIpc) is 2.97. The first-order valence-electron chi connectivity index (χ1n) is 6.29. The summed E-state index contributed by atoms with van der Waals surface area (Å²) < 4.78 is 14.9. The number of amides is 1. The lowest BCUT2D eigenvalue weighted by atomic mass is 10.1. The molecule has 0 unspecified atom stereocenters. The largest absolute Gasteiger partial charge is 0.348 e. The highest BCUT2D eigenvalue weighted by atomic mass is 19.1. The topological polar surface area (TPSA) is 59.4 Å². The predicted molar refractivity (Wildman–Crippen MR) is 72.8 cm³/mol. The Bertz CT molecular complexity index is 779. The molecule has 106 valence electrons. The van der Waals surface area contributed by atoms with E-state index in [0.717, 1.165) is 17.0 Å². The number of nitrogens with zero attached hydrogens (tertiary/aromatic N) is 2. The normalized spacial score (nSPS) is 13.7. The Kier molecular flexibility index (Phi) is 2.94. The van der Waals surface area contributed by atoms with Crippen LogP contribution < -0.4 is 4.90 Å². The maximum Gasteiger partial charge on any atom is 0.299 e. The minimum atomic E-state index is -0.807. The first kappa shape index (κ1) is 13.2. The molecule has 1 aromatic carbocycles. The lowest BCUT2D eigenvalue weighted by Crippen LogP contribution is -2.35. The molecule has 2 heterocycles. The van der Waals surface area contributed by atoms with E-state index in [-0.39, 0.29) is 23.6 Å². The summed E-state index contributed by atoms with van der Waals surface area (Å²) in [6, 6.07) is 6.80. The highest BCUT2D eigenvalue weighted by molar-refractivity contribution is 6.52. The fourth-order valence-corrected chi connectivity index (χ4v) is 2.40. The van der Waals surface area contributed by atoms with Gasteiger partial charge in [-0.25, -0.2) is 4.39 Å². The summed E-state index contributed by atoms with van der Waals surface area (Å²) in [6.07, 6.45) is 1.71. The third-order valence-electron chi connectivity index (χ3n) is 3.47. The van der Waals surface area contributed by atoms with Crippen LogP contribution in [0.25, 0.3) is 0 Å². The van der Waals surface area contributed by atoms with Crippen molar-refractivity contribution in [2.75, 3.05) is 11.4 Å². The molecule has 0 N–H and O–H groups in total. The summed E-state index contributed by atoms with van der Waals surface area (Å²) >= 11 is 0. The number of anilines is 1. The van der Waals surface area contributed by atoms with Crippen LogP contribution in [0.3, 0.4) is 0 Å². The van der Waals surface area contributed by atoms with Crippen LogP contribution in [0.5, 0.6) is 0 Å². The molecule has 0 aliphatic carbocycles. The Morgan fingerprint density at radius 2 is 2.00 bits per heavy atom. The van der Waals surface area contributed by atoms with Crippen LogP contribution in [0.4, 0.5) is 10.1 Å². The number of halogens is 1. The van der Waals surface area contributed by atoms with Crippen molar-refractivity contribution in [3.8, 4) is 0 Å². The number of benzene rings is 1. The average molecular weight is 286 g/mol. The van der Waals surface area contributed by atoms with Crippen molar-refractivity contribution in [3.63, 3.8) is 0 Å². The molecule has 1 aliphatic heterocycles. The van der Waals surface area contributed by atoms with E-state index < -0.39 is 17.5 Å². The van der Waals surface area contributed by atoms with Crippen LogP contribution >= 0.6 is 0 Å². The summed E-state index contributed by atoms with van der Waals surface area (Å²) in [4.78, 5) is 37.0. The summed E-state index contributed by atoms with van der Waals surface area (Å²) in [5.41, 5.74) is 0.689. The van der Waals surface area contributed by atoms with Gasteiger partial charge in [0.1, 0.15) is 5.82 Å². The second-order valence-electron chi connectivity index (χ2n) is 4.81. The first-order valence-corrected chi connectivity index (χ1v) is 6.29. The molecule has 0 spiro atoms. The van der Waals surface area contributed by atoms with Crippen molar-refractivity contribution >= 4 is 23.2 Å². The molecule has 0 fully saturated rings. The van der Waals surface area contributed by atoms with Gasteiger partial charge >= 0.3 is 0 Å². The second-order valence-corrected chi connectivity index (χ2v) is 4.81. The summed E-state index contributed by atoms with van der Waals surface area (Å²) in [5.74, 6) is -2.41. The van der Waals surface area contributed by atoms with Crippen molar-refractivity contribution in [1.82, 2.24) is 4.57 Å². The maximum absolute atomic E-state index is 13.3. The number of carbonyl (C=O) groups excluding carboxylic acids is 3. The number of hydrogen-bond acceptors (Lipinski definition) is 3. The summed E-state index contributed by atoms with van der Waals surface area (Å²) in [5, 5.41) is 0. The van der Waals surface area contributed by atoms with Gasteiger partial charge in [-0.15, -0.1) is 0 Å². The van der Waals surface area contributed by atoms with Crippen molar-refractivity contribution in [2.45, 2.75) is 0 Å². The van der Waals surface area contributed by atoms with Gasteiger partial charge in [0.25, 0.3) is 11.7 Å². The van der Waals surface area contributed by atoms with Crippen molar-refractivity contribution in [3.05, 3.63) is 53.6 Å². The third kappa shape index (κ3) is 2.05. The van der Waals surface area contributed by atoms with Crippen LogP contribution in [0.15, 0.2) is 36.5 Å². The Balaban J connectivity index is 1.95. The first-order chi connectivity index (χ1) is 9.99. The lowest BCUT2D eigenvalue weighted by Gasteiger charge is -2.15. The smallest absolute Gasteiger partial charge is 0.299 e. The Morgan fingerprint density at radius 3 is 2.67 bits per heavy atom. The molecule has 1 aliphatic rings. The van der Waals surface area contributed by atoms with Gasteiger partial charge in [0.2, 0.25) is 0 Å². The van der Waals surface area contributed by atoms with Gasteiger partial charge in [0.15, 0.2) is 5.78 Å². The van der Waals surface area contributed by atoms with E-state index in [0.29, 0.717) is 5.69 Å². The molecular formula is C15H11FN2O3. The number of aryl methyl sites for hydroxylation is 1. The number of Topliss-reactive ketones (excluding diaryl/α,β-unsaturated/α-hetero) is 2. The lowest BCUT2D eigenvalue weighted by molar-refractivity contribution is -0.114. The molecule has 6 heteroatoms. The summed E-state index contributed by atoms with van der Waals surface area (Å²) in [7, 11) is 1.71. The Hall–Kier alpha value is -2.76. The molecule has 0 saturated heterocycles. The van der Waals surface area contributed by atoms with Crippen molar-refractivity contribution in [1.29, 1.82) is 0 Å². The van der Waals surface area contributed by atoms with Gasteiger partial charge in [0.05, 0.1) is 23.5 Å². The molecule has 0 bridgehead atoms. The monoisotopic (exact) mass is 286 g/mol. The number of ketones is 2. The van der Waals surface area contributed by atoms with E-state index in [1.54, 1.807) is 29.9 Å². The van der Waals surface area contributed by atoms with Crippen LogP contribution in [-0.2, 0) is 11.8 Å². The van der Waals surface area contributed by atoms with Crippen LogP contribution in [0.2, 0.25) is 0 Å². The van der Waals surface area contributed by atoms with Gasteiger partial charge in [0, 0.05) is 13.2 Å². The quantitative estimate of drug-likeness (QED) is 0.635. The molecular weight excluding hydrogens is 275 g/mol. The van der Waals surface area contributed by atoms with Crippen LogP contribution in [0, 0.1) is 5.82 Å². The Labute approximate surface area is 119 Å². The molecule has 3 rings (SSSR count). The van der Waals surface area contributed by atoms with E-state index in [9.17, 15) is 18.8 Å². The molecule has 1 aromatic heterocycles. The zero-order chi connectivity index (χ0) is 15.1. The highest BCUT2D eigenvalue weighted by Crippen LogP contribution is 2.29. The maximum atomic E-state index is 13.3. The number of rotatable bonds is 3. The number of hydrogen-bond donors (Lipinski definition) is 0. The van der Waals surface area contributed by atoms with E-state index in [2.05, 4.69) is 0 Å². The van der Waals surface area contributed by atoms with Crippen molar-refractivity contribution in [2.24, 2.45) is 7.05 Å². The van der Waals surface area contributed by atoms with Gasteiger partial charge in [-0.3, -0.25) is 19.3 Å². The molecule has 21 heavy (non-hydrogen) atoms. The third-order valence-corrected chi connectivity index (χ3v) is 3.47. The van der Waals surface area contributed by atoms with E-state index >= 15 is 0 Å². The van der Waals surface area contributed by atoms with Gasteiger partial charge in [-0.1, -0.05) is 0 Å². The molecule has 2 aromatic rings. The van der Waals surface area contributed by atoms with Crippen LogP contribution in [-0.4, -0.2) is 28.6 Å². The SMILES string of the molecule is Cn1cccc1C(=O)CN1C(=O)C(=O)c2ccc(F)cc21. The molecule has 1 amide bonds. The van der Waals surface area contributed by atoms with Crippen LogP contribution in [0.1, 0.15) is 20.8 Å². The van der Waals surface area contributed by atoms with Gasteiger partial charge in [-0.2, -0.15) is 0 Å². The zero-order valence-electron chi connectivity index (χ0n) is 11.2. The minimum Gasteiger partial charge on any atom is -0.348 e. The van der Waals surface area contributed by atoms with Gasteiger partial charge < -0.3 is 4.57 Å². The summed E-state index contributed by atoms with van der Waals surface area (Å²) in [6.45, 7) is -0.293. The molecule has 0 radical (unpaired) electrons. The van der Waals surface area contributed by atoms with E-state index in [1.165, 1.54) is 6.07 Å². The van der Waals surface area contributed by atoms with Crippen molar-refractivity contribution < 1.29 is 18.8 Å². The molecule has 0 saturated carbocycles. The molecule has 5 nitrogen and oxygen atoms in total. The number of aromatic nitrogens is 1. The standard InChI is InChI=1S/C15H11FN2O3/c1-17-6-2-3-11(17)13(19)8-18-12-7-9(16)4-5-10(12)14(20)15(18)21/h2-7H,8H2,1H3. The van der Waals surface area contributed by atoms with E-state index in [4.69, 9.17) is 0 Å². The van der Waals surface area contributed by atoms with Gasteiger partial charge in [-0.05, 0) is 30.3 Å². The minimum absolute atomic E-state index is 0.126. The number of fused-ring (bicyclic) bond motifs is 1.